The number of carbonyl (C=O) groups excluding carboxylic acids is 1. The molecule has 2 aromatic carbocycles. The van der Waals surface area contributed by atoms with Crippen LogP contribution in [0.25, 0.3) is 5.65 Å². The minimum absolute atomic E-state index is 0.0929. The number of fused-ring (bicyclic) bond motifs is 1. The van der Waals surface area contributed by atoms with Gasteiger partial charge in [-0.05, 0) is 17.7 Å². The van der Waals surface area contributed by atoms with Crippen LogP contribution in [0.4, 0.5) is 21.5 Å². The molecule has 0 saturated heterocycles. The van der Waals surface area contributed by atoms with Crippen LogP contribution in [0.2, 0.25) is 0 Å². The van der Waals surface area contributed by atoms with E-state index in [1.807, 2.05) is 0 Å². The molecule has 0 radical (unpaired) electrons. The Labute approximate surface area is 170 Å². The number of amides is 1. The van der Waals surface area contributed by atoms with Crippen molar-refractivity contribution in [1.29, 1.82) is 0 Å². The molecule has 156 valence electrons. The van der Waals surface area contributed by atoms with E-state index in [4.69, 9.17) is 10.8 Å². The van der Waals surface area contributed by atoms with Gasteiger partial charge in [-0.15, -0.1) is 0 Å². The average Bonchev–Trinajstić information content (AvgIpc) is 3.24. The molecule has 1 amide bonds. The maximum Gasteiger partial charge on any atom is 0.374 e. The van der Waals surface area contributed by atoms with Crippen LogP contribution in [0, 0.1) is 5.82 Å². The van der Waals surface area contributed by atoms with Gasteiger partial charge in [-0.25, -0.2) is 14.2 Å². The Morgan fingerprint density at radius 2 is 1.94 bits per heavy atom. The minimum Gasteiger partial charge on any atom is -0.475 e. The van der Waals surface area contributed by atoms with Gasteiger partial charge in [0, 0.05) is 12.6 Å². The zero-order chi connectivity index (χ0) is 22.3. The van der Waals surface area contributed by atoms with Gasteiger partial charge in [0.25, 0.3) is 16.8 Å². The largest absolute Gasteiger partial charge is 0.475 e. The maximum absolute atomic E-state index is 14.1. The van der Waals surface area contributed by atoms with E-state index < -0.39 is 34.4 Å². The highest BCUT2D eigenvalue weighted by Crippen LogP contribution is 2.22. The normalized spacial score (nSPS) is 11.0. The van der Waals surface area contributed by atoms with E-state index in [0.29, 0.717) is 5.56 Å². The Morgan fingerprint density at radius 3 is 2.65 bits per heavy atom. The molecule has 0 saturated carbocycles. The summed E-state index contributed by atoms with van der Waals surface area (Å²) in [6, 6.07) is 5.22. The first-order chi connectivity index (χ1) is 14.8. The van der Waals surface area contributed by atoms with Gasteiger partial charge in [-0.2, -0.15) is 14.6 Å². The summed E-state index contributed by atoms with van der Waals surface area (Å²) < 4.78 is 15.1. The molecule has 0 unspecified atom stereocenters. The molecule has 0 aliphatic rings. The van der Waals surface area contributed by atoms with E-state index >= 15 is 0 Å². The Balaban J connectivity index is 1.55. The number of aromatic carboxylic acids is 1. The van der Waals surface area contributed by atoms with Crippen molar-refractivity contribution in [3.05, 3.63) is 73.9 Å². The number of nitrogens with one attached hydrogen (secondary N) is 2. The highest BCUT2D eigenvalue weighted by Gasteiger charge is 2.20. The van der Waals surface area contributed by atoms with E-state index in [1.165, 1.54) is 24.4 Å². The number of rotatable bonds is 6. The second-order valence-electron chi connectivity index (χ2n) is 6.35. The molecule has 0 aliphatic heterocycles. The SMILES string of the molecule is Nc1c(Nc2cc(CNC(=O)c3nc(C(=O)O)nc4ccnn34)ccc2F)c(=O)c1=O. The lowest BCUT2D eigenvalue weighted by Gasteiger charge is -2.12. The van der Waals surface area contributed by atoms with E-state index in [0.717, 1.165) is 10.6 Å². The van der Waals surface area contributed by atoms with Crippen LogP contribution in [0.3, 0.4) is 0 Å². The van der Waals surface area contributed by atoms with Gasteiger partial charge in [0.2, 0.25) is 11.6 Å². The molecule has 31 heavy (non-hydrogen) atoms. The summed E-state index contributed by atoms with van der Waals surface area (Å²) in [5, 5.41) is 18.0. The summed E-state index contributed by atoms with van der Waals surface area (Å²) in [7, 11) is 0. The third-order valence-electron chi connectivity index (χ3n) is 4.34. The number of nitrogens with zero attached hydrogens (tertiary/aromatic N) is 4. The second-order valence-corrected chi connectivity index (χ2v) is 6.35. The van der Waals surface area contributed by atoms with Gasteiger partial charge in [0.1, 0.15) is 17.2 Å². The molecule has 0 aliphatic carbocycles. The van der Waals surface area contributed by atoms with Gasteiger partial charge >= 0.3 is 5.97 Å². The minimum atomic E-state index is -1.41. The number of carboxylic acid groups (broad SMARTS) is 1. The average molecular weight is 425 g/mol. The fraction of sp³-hybridized carbons (Fsp3) is 0.0556. The predicted octanol–water partition coefficient (Wildman–Crippen LogP) is -0.187. The van der Waals surface area contributed by atoms with Crippen LogP contribution in [-0.4, -0.2) is 36.6 Å². The first-order valence-corrected chi connectivity index (χ1v) is 8.63. The van der Waals surface area contributed by atoms with Crippen molar-refractivity contribution in [2.75, 3.05) is 11.1 Å². The van der Waals surface area contributed by atoms with Crippen LogP contribution in [0.1, 0.15) is 26.8 Å². The number of halogens is 1. The number of nitrogens with two attached hydrogens (primary N) is 1. The van der Waals surface area contributed by atoms with Gasteiger partial charge in [-0.1, -0.05) is 6.07 Å². The molecular weight excluding hydrogens is 413 g/mol. The Kier molecular flexibility index (Phi) is 4.62. The van der Waals surface area contributed by atoms with E-state index in [-0.39, 0.29) is 35.1 Å². The van der Waals surface area contributed by atoms with Crippen LogP contribution in [-0.2, 0) is 6.54 Å². The van der Waals surface area contributed by atoms with E-state index in [2.05, 4.69) is 25.7 Å². The van der Waals surface area contributed by atoms with Gasteiger partial charge in [-0.3, -0.25) is 14.4 Å². The molecule has 4 rings (SSSR count). The van der Waals surface area contributed by atoms with Crippen molar-refractivity contribution in [3.8, 4) is 0 Å². The Bertz CT molecular complexity index is 1440. The van der Waals surface area contributed by atoms with Crippen molar-refractivity contribution < 1.29 is 19.1 Å². The lowest BCUT2D eigenvalue weighted by atomic mass is 10.1. The highest BCUT2D eigenvalue weighted by atomic mass is 19.1. The molecule has 2 aromatic heterocycles. The third kappa shape index (κ3) is 3.43. The van der Waals surface area contributed by atoms with Crippen molar-refractivity contribution in [1.82, 2.24) is 24.9 Å². The topological polar surface area (TPSA) is 182 Å². The summed E-state index contributed by atoms with van der Waals surface area (Å²) in [5.41, 5.74) is 3.68. The zero-order valence-electron chi connectivity index (χ0n) is 15.4. The molecule has 0 spiro atoms. The fourth-order valence-electron chi connectivity index (χ4n) is 2.78. The standard InChI is InChI=1S/C18H12FN7O5/c19-8-2-1-7(5-9(8)23-12-11(20)13(27)14(12)28)6-21-17(29)16-25-15(18(30)31)24-10-3-4-22-26(10)16/h1-5,23H,6,20H2,(H,21,29)(H,30,31). The monoisotopic (exact) mass is 425 g/mol. The quantitative estimate of drug-likeness (QED) is 0.302. The molecule has 0 fully saturated rings. The van der Waals surface area contributed by atoms with Crippen LogP contribution in [0.5, 0.6) is 0 Å². The molecule has 2 heterocycles. The van der Waals surface area contributed by atoms with Crippen molar-refractivity contribution in [3.63, 3.8) is 0 Å². The number of carbonyl (C=O) groups is 2. The van der Waals surface area contributed by atoms with Gasteiger partial charge < -0.3 is 21.5 Å². The molecule has 12 nitrogen and oxygen atoms in total. The second kappa shape index (κ2) is 7.29. The summed E-state index contributed by atoms with van der Waals surface area (Å²) in [6.07, 6.45) is 1.33. The predicted molar refractivity (Wildman–Crippen MR) is 104 cm³/mol. The fourth-order valence-corrected chi connectivity index (χ4v) is 2.78. The van der Waals surface area contributed by atoms with Crippen LogP contribution in [0.15, 0.2) is 40.1 Å². The van der Waals surface area contributed by atoms with Crippen LogP contribution < -0.4 is 27.2 Å². The number of aromatic nitrogens is 4. The summed E-state index contributed by atoms with van der Waals surface area (Å²) in [4.78, 5) is 53.9. The molecule has 5 N–H and O–H groups in total. The summed E-state index contributed by atoms with van der Waals surface area (Å²) in [5.74, 6) is -3.74. The van der Waals surface area contributed by atoms with E-state index in [1.54, 1.807) is 0 Å². The van der Waals surface area contributed by atoms with Crippen molar-refractivity contribution >= 4 is 34.6 Å². The van der Waals surface area contributed by atoms with Crippen LogP contribution >= 0.6 is 0 Å². The lowest BCUT2D eigenvalue weighted by molar-refractivity contribution is 0.0683. The first-order valence-electron chi connectivity index (χ1n) is 8.63. The molecule has 0 atom stereocenters. The Morgan fingerprint density at radius 1 is 1.16 bits per heavy atom. The number of carboxylic acids is 1. The Hall–Kier alpha value is -4.68. The zero-order valence-corrected chi connectivity index (χ0v) is 15.4. The van der Waals surface area contributed by atoms with Gasteiger partial charge in [0.15, 0.2) is 5.65 Å². The summed E-state index contributed by atoms with van der Waals surface area (Å²) in [6.45, 7) is -0.0929. The number of benzene rings is 1. The van der Waals surface area contributed by atoms with Crippen molar-refractivity contribution in [2.45, 2.75) is 6.54 Å². The highest BCUT2D eigenvalue weighted by molar-refractivity contribution is 5.93. The smallest absolute Gasteiger partial charge is 0.374 e. The number of nitrogen functional groups attached to an aromatic ring is 1. The lowest BCUT2D eigenvalue weighted by Crippen LogP contribution is -2.36. The molecule has 0 bridgehead atoms. The van der Waals surface area contributed by atoms with E-state index in [9.17, 15) is 23.6 Å². The summed E-state index contributed by atoms with van der Waals surface area (Å²) >= 11 is 0. The first kappa shape index (κ1) is 19.6. The third-order valence-corrected chi connectivity index (χ3v) is 4.34. The molecule has 13 heteroatoms. The van der Waals surface area contributed by atoms with Crippen molar-refractivity contribution in [2.24, 2.45) is 0 Å². The number of anilines is 3. The molecular formula is C18H12FN7O5. The maximum atomic E-state index is 14.1. The van der Waals surface area contributed by atoms with Gasteiger partial charge in [0.05, 0.1) is 11.9 Å². The number of hydrogen-bond donors (Lipinski definition) is 4. The number of hydrogen-bond acceptors (Lipinski definition) is 9. The molecule has 4 aromatic rings.